The third-order valence-electron chi connectivity index (χ3n) is 6.95. The van der Waals surface area contributed by atoms with Gasteiger partial charge in [0.1, 0.15) is 11.7 Å². The Balaban J connectivity index is 1.97. The van der Waals surface area contributed by atoms with E-state index in [0.29, 0.717) is 45.3 Å². The van der Waals surface area contributed by atoms with Crippen LogP contribution in [-0.2, 0) is 19.6 Å². The van der Waals surface area contributed by atoms with Gasteiger partial charge >= 0.3 is 5.97 Å². The van der Waals surface area contributed by atoms with Gasteiger partial charge < -0.3 is 14.4 Å². The number of fused-ring (bicyclic) bond motifs is 1. The maximum atomic E-state index is 14.3. The lowest BCUT2D eigenvalue weighted by molar-refractivity contribution is -0.147. The van der Waals surface area contributed by atoms with Crippen LogP contribution in [0.15, 0.2) is 36.4 Å². The molecule has 0 unspecified atom stereocenters. The molecule has 2 aliphatic rings. The molecule has 0 radical (unpaired) electrons. The molecular weight excluding hydrogens is 539 g/mol. The molecule has 1 heterocycles. The fraction of sp³-hybridized carbons (Fsp3) is 0.462. The largest absolute Gasteiger partial charge is 0.497 e. The number of halogens is 2. The summed E-state index contributed by atoms with van der Waals surface area (Å²) < 4.78 is 38.1. The van der Waals surface area contributed by atoms with Crippen molar-refractivity contribution in [3.05, 3.63) is 63.1 Å². The van der Waals surface area contributed by atoms with E-state index in [0.717, 1.165) is 19.1 Å². The van der Waals surface area contributed by atoms with Crippen LogP contribution in [0.4, 0.5) is 0 Å². The van der Waals surface area contributed by atoms with Gasteiger partial charge in [-0.05, 0) is 55.2 Å². The molecule has 1 amide bonds. The Morgan fingerprint density at radius 2 is 1.81 bits per heavy atom. The number of esters is 1. The number of rotatable bonds is 7. The number of benzene rings is 2. The van der Waals surface area contributed by atoms with Crippen LogP contribution in [0, 0.1) is 0 Å². The Hall–Kier alpha value is -2.33. The minimum atomic E-state index is -3.56. The number of carbonyl (C=O) groups is 2. The van der Waals surface area contributed by atoms with Crippen LogP contribution in [-0.4, -0.2) is 57.3 Å². The van der Waals surface area contributed by atoms with Crippen LogP contribution < -0.4 is 9.46 Å². The van der Waals surface area contributed by atoms with Gasteiger partial charge in [0.05, 0.1) is 26.0 Å². The van der Waals surface area contributed by atoms with Gasteiger partial charge in [0, 0.05) is 27.7 Å². The SMILES string of the molecule is CCOC(=O)[C@@H]1c2ccc(OC)cc2C(=O)N([C@H]2CCCC[C@@H]2NS(C)(=O)=O)[C@H]1c1ccc(Cl)cc1Cl. The lowest BCUT2D eigenvalue weighted by Crippen LogP contribution is -2.58. The van der Waals surface area contributed by atoms with Gasteiger partial charge in [-0.25, -0.2) is 13.1 Å². The average Bonchev–Trinajstić information content (AvgIpc) is 2.83. The maximum Gasteiger partial charge on any atom is 0.315 e. The molecule has 1 aliphatic heterocycles. The zero-order chi connectivity index (χ0) is 26.9. The standard InChI is InChI=1S/C26H30Cl2N2O6S/c1-4-36-26(32)23-17-12-10-16(35-2)14-19(17)25(31)30(24(23)18-11-9-15(27)13-20(18)28)22-8-6-5-7-21(22)29-37(3,33)34/h9-14,21-24,29H,4-8H2,1-3H3/t21-,22-,23+,24-/m0/s1. The molecule has 0 aromatic heterocycles. The summed E-state index contributed by atoms with van der Waals surface area (Å²) in [6.07, 6.45) is 3.81. The van der Waals surface area contributed by atoms with Crippen molar-refractivity contribution in [3.63, 3.8) is 0 Å². The van der Waals surface area contributed by atoms with Crippen LogP contribution in [0.3, 0.4) is 0 Å². The van der Waals surface area contributed by atoms with Crippen LogP contribution >= 0.6 is 23.2 Å². The van der Waals surface area contributed by atoms with Crippen LogP contribution in [0.1, 0.15) is 66.1 Å². The Labute approximate surface area is 227 Å². The van der Waals surface area contributed by atoms with Crippen molar-refractivity contribution in [2.45, 2.75) is 56.7 Å². The summed E-state index contributed by atoms with van der Waals surface area (Å²) in [4.78, 5) is 29.4. The topological polar surface area (TPSA) is 102 Å². The van der Waals surface area contributed by atoms with Gasteiger partial charge in [-0.2, -0.15) is 0 Å². The number of hydrogen-bond acceptors (Lipinski definition) is 6. The predicted octanol–water partition coefficient (Wildman–Crippen LogP) is 4.71. The van der Waals surface area contributed by atoms with Crippen molar-refractivity contribution in [2.75, 3.05) is 20.0 Å². The summed E-state index contributed by atoms with van der Waals surface area (Å²) in [5.41, 5.74) is 1.34. The molecule has 0 saturated heterocycles. The zero-order valence-electron chi connectivity index (χ0n) is 20.9. The van der Waals surface area contributed by atoms with Gasteiger partial charge in [0.2, 0.25) is 10.0 Å². The second kappa shape index (κ2) is 11.2. The smallest absolute Gasteiger partial charge is 0.315 e. The number of nitrogens with one attached hydrogen (secondary N) is 1. The van der Waals surface area contributed by atoms with E-state index in [1.165, 1.54) is 7.11 Å². The number of sulfonamides is 1. The van der Waals surface area contributed by atoms with Crippen molar-refractivity contribution in [3.8, 4) is 5.75 Å². The van der Waals surface area contributed by atoms with E-state index < -0.39 is 40.0 Å². The number of carbonyl (C=O) groups excluding carboxylic acids is 2. The van der Waals surface area contributed by atoms with E-state index in [9.17, 15) is 18.0 Å². The number of methoxy groups -OCH3 is 1. The lowest BCUT2D eigenvalue weighted by Gasteiger charge is -2.49. The second-order valence-corrected chi connectivity index (χ2v) is 12.0. The molecule has 1 saturated carbocycles. The molecule has 2 aromatic rings. The molecule has 1 aliphatic carbocycles. The molecule has 0 spiro atoms. The normalized spacial score (nSPS) is 23.9. The summed E-state index contributed by atoms with van der Waals surface area (Å²) in [6, 6.07) is 8.04. The summed E-state index contributed by atoms with van der Waals surface area (Å²) >= 11 is 12.9. The molecule has 1 N–H and O–H groups in total. The highest BCUT2D eigenvalue weighted by Gasteiger charge is 2.50. The minimum Gasteiger partial charge on any atom is -0.497 e. The second-order valence-electron chi connectivity index (χ2n) is 9.35. The third-order valence-corrected chi connectivity index (χ3v) is 8.24. The van der Waals surface area contributed by atoms with E-state index >= 15 is 0 Å². The number of ether oxygens (including phenoxy) is 2. The van der Waals surface area contributed by atoms with Gasteiger partial charge in [0.15, 0.2) is 0 Å². The fourth-order valence-electron chi connectivity index (χ4n) is 5.49. The Morgan fingerprint density at radius 3 is 2.46 bits per heavy atom. The Morgan fingerprint density at radius 1 is 1.11 bits per heavy atom. The average molecular weight is 570 g/mol. The van der Waals surface area contributed by atoms with Crippen molar-refractivity contribution in [2.24, 2.45) is 0 Å². The summed E-state index contributed by atoms with van der Waals surface area (Å²) in [5.74, 6) is -1.28. The molecule has 8 nitrogen and oxygen atoms in total. The molecule has 1 fully saturated rings. The highest BCUT2D eigenvalue weighted by atomic mass is 35.5. The molecule has 11 heteroatoms. The Kier molecular flexibility index (Phi) is 8.38. The molecule has 4 atom stereocenters. The summed E-state index contributed by atoms with van der Waals surface area (Å²) in [6.45, 7) is 1.87. The molecule has 200 valence electrons. The first-order valence-electron chi connectivity index (χ1n) is 12.1. The van der Waals surface area contributed by atoms with Crippen LogP contribution in [0.5, 0.6) is 5.75 Å². The first kappa shape index (κ1) is 27.7. The van der Waals surface area contributed by atoms with E-state index in [4.69, 9.17) is 32.7 Å². The van der Waals surface area contributed by atoms with E-state index in [2.05, 4.69) is 4.72 Å². The molecular formula is C26H30Cl2N2O6S. The lowest BCUT2D eigenvalue weighted by atomic mass is 9.77. The zero-order valence-corrected chi connectivity index (χ0v) is 23.2. The quantitative estimate of drug-likeness (QED) is 0.485. The van der Waals surface area contributed by atoms with Gasteiger partial charge in [-0.15, -0.1) is 0 Å². The number of amides is 1. The molecule has 2 aromatic carbocycles. The highest BCUT2D eigenvalue weighted by Crippen LogP contribution is 2.48. The number of nitrogens with zero attached hydrogens (tertiary/aromatic N) is 1. The van der Waals surface area contributed by atoms with Crippen LogP contribution in [0.2, 0.25) is 10.0 Å². The van der Waals surface area contributed by atoms with E-state index in [-0.39, 0.29) is 12.5 Å². The van der Waals surface area contributed by atoms with Gasteiger partial charge in [-0.3, -0.25) is 9.59 Å². The van der Waals surface area contributed by atoms with Crippen molar-refractivity contribution < 1.29 is 27.5 Å². The first-order chi connectivity index (χ1) is 17.6. The maximum absolute atomic E-state index is 14.3. The van der Waals surface area contributed by atoms with Gasteiger partial charge in [0.25, 0.3) is 5.91 Å². The highest BCUT2D eigenvalue weighted by molar-refractivity contribution is 7.88. The van der Waals surface area contributed by atoms with Crippen LogP contribution in [0.25, 0.3) is 0 Å². The fourth-order valence-corrected chi connectivity index (χ4v) is 6.83. The van der Waals surface area contributed by atoms with Crippen molar-refractivity contribution in [1.82, 2.24) is 9.62 Å². The predicted molar refractivity (Wildman–Crippen MR) is 142 cm³/mol. The third kappa shape index (κ3) is 5.74. The van der Waals surface area contributed by atoms with Crippen molar-refractivity contribution in [1.29, 1.82) is 0 Å². The van der Waals surface area contributed by atoms with E-state index in [1.807, 2.05) is 0 Å². The minimum absolute atomic E-state index is 0.150. The monoisotopic (exact) mass is 568 g/mol. The Bertz CT molecular complexity index is 1300. The summed E-state index contributed by atoms with van der Waals surface area (Å²) in [7, 11) is -2.06. The molecule has 4 rings (SSSR count). The van der Waals surface area contributed by atoms with Crippen molar-refractivity contribution >= 4 is 45.1 Å². The first-order valence-corrected chi connectivity index (χ1v) is 14.8. The van der Waals surface area contributed by atoms with E-state index in [1.54, 1.807) is 48.2 Å². The molecule has 0 bridgehead atoms. The molecule has 37 heavy (non-hydrogen) atoms. The summed E-state index contributed by atoms with van der Waals surface area (Å²) in [5, 5.41) is 0.708. The number of hydrogen-bond donors (Lipinski definition) is 1. The van der Waals surface area contributed by atoms with Gasteiger partial charge in [-0.1, -0.05) is 48.2 Å².